The summed E-state index contributed by atoms with van der Waals surface area (Å²) in [5, 5.41) is 25.3. The fourth-order valence-corrected chi connectivity index (χ4v) is 9.15. The second-order valence-electron chi connectivity index (χ2n) is 13.4. The van der Waals surface area contributed by atoms with Crippen LogP contribution < -0.4 is 5.32 Å². The van der Waals surface area contributed by atoms with Gasteiger partial charge in [0, 0.05) is 23.8 Å². The number of allylic oxidation sites excluding steroid dienone is 1. The number of rotatable bonds is 4. The molecule has 2 spiro atoms. The van der Waals surface area contributed by atoms with Gasteiger partial charge in [-0.15, -0.1) is 0 Å². The van der Waals surface area contributed by atoms with Gasteiger partial charge in [0.2, 0.25) is 0 Å². The SMILES string of the molecule is CNC[C@H]1C[C@@]23CC[C@@]4(O2)C(=CC[C@]2(C)[C@@H](O[Si](C)(C)C(C)(C)C)CC[C@H]24)C=C3[C@@H](O)[C@@H]1O. The lowest BCUT2D eigenvalue weighted by Gasteiger charge is -2.56. The van der Waals surface area contributed by atoms with Crippen molar-refractivity contribution in [2.45, 2.75) is 114 Å². The van der Waals surface area contributed by atoms with Crippen LogP contribution in [0.1, 0.15) is 66.2 Å². The summed E-state index contributed by atoms with van der Waals surface area (Å²) in [7, 11) is 0.0446. The van der Waals surface area contributed by atoms with E-state index < -0.39 is 26.1 Å². The van der Waals surface area contributed by atoms with Crippen LogP contribution in [0.15, 0.2) is 23.3 Å². The Kier molecular flexibility index (Phi) is 5.50. The molecule has 186 valence electrons. The van der Waals surface area contributed by atoms with Crippen LogP contribution in [-0.2, 0) is 9.16 Å². The van der Waals surface area contributed by atoms with E-state index in [2.05, 4.69) is 58.3 Å². The minimum Gasteiger partial charge on any atom is -0.413 e. The molecule has 0 aromatic carbocycles. The minimum atomic E-state index is -1.87. The van der Waals surface area contributed by atoms with Crippen molar-refractivity contribution < 1.29 is 19.4 Å². The quantitative estimate of drug-likeness (QED) is 0.529. The van der Waals surface area contributed by atoms with E-state index in [1.807, 2.05) is 7.05 Å². The number of hydrogen-bond acceptors (Lipinski definition) is 5. The monoisotopic (exact) mass is 475 g/mol. The molecule has 3 N–H and O–H groups in total. The third-order valence-electron chi connectivity index (χ3n) is 10.6. The van der Waals surface area contributed by atoms with Crippen LogP contribution in [-0.4, -0.2) is 61.6 Å². The highest BCUT2D eigenvalue weighted by atomic mass is 28.4. The molecular weight excluding hydrogens is 430 g/mol. The number of hydrogen-bond donors (Lipinski definition) is 3. The summed E-state index contributed by atoms with van der Waals surface area (Å²) in [6, 6.07) is 0. The molecule has 2 heterocycles. The zero-order chi connectivity index (χ0) is 24.0. The molecule has 0 unspecified atom stereocenters. The molecule has 5 aliphatic rings. The van der Waals surface area contributed by atoms with Gasteiger partial charge in [-0.25, -0.2) is 0 Å². The van der Waals surface area contributed by atoms with Crippen molar-refractivity contribution in [3.05, 3.63) is 23.3 Å². The lowest BCUT2D eigenvalue weighted by Crippen LogP contribution is -2.60. The minimum absolute atomic E-state index is 0.00366. The van der Waals surface area contributed by atoms with E-state index in [-0.39, 0.29) is 28.1 Å². The Morgan fingerprint density at radius 3 is 2.61 bits per heavy atom. The highest BCUT2D eigenvalue weighted by Gasteiger charge is 2.68. The van der Waals surface area contributed by atoms with Gasteiger partial charge in [0.05, 0.1) is 23.4 Å². The summed E-state index contributed by atoms with van der Waals surface area (Å²) in [5.74, 6) is 0.430. The maximum atomic E-state index is 11.1. The Morgan fingerprint density at radius 2 is 1.94 bits per heavy atom. The number of aliphatic hydroxyl groups is 2. The molecule has 2 bridgehead atoms. The molecule has 33 heavy (non-hydrogen) atoms. The highest BCUT2D eigenvalue weighted by Crippen LogP contribution is 2.67. The molecule has 5 rings (SSSR count). The molecule has 1 saturated heterocycles. The van der Waals surface area contributed by atoms with Gasteiger partial charge in [-0.2, -0.15) is 0 Å². The molecule has 0 aromatic heterocycles. The normalized spacial score (nSPS) is 46.9. The molecule has 0 aromatic rings. The Hall–Kier alpha value is -0.503. The van der Waals surface area contributed by atoms with Crippen LogP contribution in [0.2, 0.25) is 18.1 Å². The van der Waals surface area contributed by atoms with Crippen LogP contribution in [0.25, 0.3) is 0 Å². The first kappa shape index (κ1) is 24.2. The average molecular weight is 476 g/mol. The fraction of sp³-hybridized carbons (Fsp3) is 0.852. The topological polar surface area (TPSA) is 71.0 Å². The Morgan fingerprint density at radius 1 is 1.21 bits per heavy atom. The first-order valence-corrected chi connectivity index (χ1v) is 16.0. The van der Waals surface area contributed by atoms with E-state index in [0.717, 1.165) is 44.1 Å². The van der Waals surface area contributed by atoms with E-state index in [0.29, 0.717) is 12.5 Å². The van der Waals surface area contributed by atoms with Crippen LogP contribution >= 0.6 is 0 Å². The molecule has 8 atom stereocenters. The number of aliphatic hydroxyl groups excluding tert-OH is 2. The molecule has 0 radical (unpaired) electrons. The maximum absolute atomic E-state index is 11.1. The predicted molar refractivity (Wildman–Crippen MR) is 134 cm³/mol. The van der Waals surface area contributed by atoms with Gasteiger partial charge in [-0.05, 0) is 74.9 Å². The lowest BCUT2D eigenvalue weighted by molar-refractivity contribution is -0.167. The fourth-order valence-electron chi connectivity index (χ4n) is 7.70. The summed E-state index contributed by atoms with van der Waals surface area (Å²) in [4.78, 5) is 0. The smallest absolute Gasteiger partial charge is 0.192 e. The predicted octanol–water partition coefficient (Wildman–Crippen LogP) is 4.31. The number of fused-ring (bicyclic) bond motifs is 1. The van der Waals surface area contributed by atoms with Gasteiger partial charge in [0.15, 0.2) is 8.32 Å². The van der Waals surface area contributed by atoms with Crippen molar-refractivity contribution in [2.24, 2.45) is 17.3 Å². The largest absolute Gasteiger partial charge is 0.413 e. The van der Waals surface area contributed by atoms with Crippen molar-refractivity contribution in [1.29, 1.82) is 0 Å². The van der Waals surface area contributed by atoms with E-state index in [9.17, 15) is 10.2 Å². The number of nitrogens with one attached hydrogen (secondary N) is 1. The molecule has 0 amide bonds. The van der Waals surface area contributed by atoms with E-state index in [1.165, 1.54) is 5.57 Å². The summed E-state index contributed by atoms with van der Waals surface area (Å²) >= 11 is 0. The molecule has 2 saturated carbocycles. The van der Waals surface area contributed by atoms with Crippen molar-refractivity contribution in [2.75, 3.05) is 13.6 Å². The van der Waals surface area contributed by atoms with Crippen LogP contribution in [0.5, 0.6) is 0 Å². The van der Waals surface area contributed by atoms with Gasteiger partial charge < -0.3 is 24.7 Å². The zero-order valence-corrected chi connectivity index (χ0v) is 22.7. The lowest BCUT2D eigenvalue weighted by atomic mass is 9.60. The molecule has 6 heteroatoms. The first-order valence-electron chi connectivity index (χ1n) is 13.1. The molecule has 3 aliphatic carbocycles. The van der Waals surface area contributed by atoms with Crippen LogP contribution in [0, 0.1) is 17.3 Å². The second-order valence-corrected chi connectivity index (χ2v) is 18.2. The third kappa shape index (κ3) is 3.27. The summed E-state index contributed by atoms with van der Waals surface area (Å²) in [5.41, 5.74) is 1.53. The first-order chi connectivity index (χ1) is 15.3. The van der Waals surface area contributed by atoms with Gasteiger partial charge >= 0.3 is 0 Å². The summed E-state index contributed by atoms with van der Waals surface area (Å²) in [6.45, 7) is 14.9. The Labute approximate surface area is 201 Å². The van der Waals surface area contributed by atoms with Crippen LogP contribution in [0.3, 0.4) is 0 Å². The van der Waals surface area contributed by atoms with Gasteiger partial charge in [0.25, 0.3) is 0 Å². The maximum Gasteiger partial charge on any atom is 0.192 e. The van der Waals surface area contributed by atoms with Crippen molar-refractivity contribution >= 4 is 8.32 Å². The summed E-state index contributed by atoms with van der Waals surface area (Å²) in [6.07, 6.45) is 9.24. The van der Waals surface area contributed by atoms with Gasteiger partial charge in [-0.3, -0.25) is 0 Å². The zero-order valence-electron chi connectivity index (χ0n) is 21.7. The van der Waals surface area contributed by atoms with Gasteiger partial charge in [-0.1, -0.05) is 39.8 Å². The summed E-state index contributed by atoms with van der Waals surface area (Å²) < 4.78 is 14.3. The van der Waals surface area contributed by atoms with Crippen molar-refractivity contribution in [3.8, 4) is 0 Å². The van der Waals surface area contributed by atoms with Gasteiger partial charge in [0.1, 0.15) is 6.10 Å². The van der Waals surface area contributed by atoms with E-state index in [1.54, 1.807) is 0 Å². The second kappa shape index (κ2) is 7.50. The highest BCUT2D eigenvalue weighted by molar-refractivity contribution is 6.74. The molecular formula is C27H45NO4Si. The third-order valence-corrected chi connectivity index (χ3v) is 15.1. The van der Waals surface area contributed by atoms with Crippen molar-refractivity contribution in [3.63, 3.8) is 0 Å². The number of ether oxygens (including phenoxy) is 1. The van der Waals surface area contributed by atoms with Crippen molar-refractivity contribution in [1.82, 2.24) is 5.32 Å². The average Bonchev–Trinajstić information content (AvgIpc) is 3.21. The standard InChI is InChI=1S/C27H45NO4Si/c1-24(2,3)33(6,7)31-21-9-8-20-25(21,4)11-10-18-14-19-23(30)22(29)17(16-28-5)15-26(19)12-13-27(18,20)32-26/h10,14,17,20-23,28-30H,8-9,11-13,15-16H2,1-7H3/t17-,20-,21+,22-,23-,25+,26-,27-/m1/s1. The van der Waals surface area contributed by atoms with E-state index in [4.69, 9.17) is 9.16 Å². The molecule has 2 aliphatic heterocycles. The van der Waals surface area contributed by atoms with Crippen LogP contribution in [0.4, 0.5) is 0 Å². The Balaban J connectivity index is 1.50. The molecule has 5 nitrogen and oxygen atoms in total. The Bertz CT molecular complexity index is 878. The van der Waals surface area contributed by atoms with E-state index >= 15 is 0 Å². The molecule has 3 fully saturated rings.